The number of pyridine rings is 1. The van der Waals surface area contributed by atoms with Crippen molar-refractivity contribution in [1.82, 2.24) is 10.3 Å². The summed E-state index contributed by atoms with van der Waals surface area (Å²) < 4.78 is 13.5. The number of benzene rings is 1. The van der Waals surface area contributed by atoms with Gasteiger partial charge in [-0.2, -0.15) is 0 Å². The maximum Gasteiger partial charge on any atom is 0.142 e. The van der Waals surface area contributed by atoms with Gasteiger partial charge in [0.1, 0.15) is 5.82 Å². The molecule has 0 bridgehead atoms. The molecule has 1 aromatic heterocycles. The number of nitrogens with one attached hydrogen (secondary N) is 1. The fourth-order valence-electron chi connectivity index (χ4n) is 2.33. The summed E-state index contributed by atoms with van der Waals surface area (Å²) in [6, 6.07) is 8.93. The lowest BCUT2D eigenvalue weighted by molar-refractivity contribution is 0.565. The zero-order valence-corrected chi connectivity index (χ0v) is 12.4. The van der Waals surface area contributed by atoms with Gasteiger partial charge in [-0.1, -0.05) is 36.7 Å². The van der Waals surface area contributed by atoms with Crippen LogP contribution in [0.3, 0.4) is 0 Å². The smallest absolute Gasteiger partial charge is 0.142 e. The van der Waals surface area contributed by atoms with Crippen LogP contribution in [0.1, 0.15) is 29.8 Å². The Morgan fingerprint density at radius 3 is 2.70 bits per heavy atom. The maximum atomic E-state index is 13.5. The Kier molecular flexibility index (Phi) is 5.10. The molecule has 2 nitrogen and oxygen atoms in total. The van der Waals surface area contributed by atoms with Crippen molar-refractivity contribution in [2.24, 2.45) is 0 Å². The number of hydrogen-bond acceptors (Lipinski definition) is 2. The second-order valence-corrected chi connectivity index (χ2v) is 5.04. The van der Waals surface area contributed by atoms with E-state index in [1.807, 2.05) is 19.2 Å². The van der Waals surface area contributed by atoms with Crippen molar-refractivity contribution in [3.05, 3.63) is 64.2 Å². The average molecular weight is 293 g/mol. The first-order valence-corrected chi connectivity index (χ1v) is 7.09. The fourth-order valence-corrected chi connectivity index (χ4v) is 2.53. The van der Waals surface area contributed by atoms with Crippen molar-refractivity contribution in [3.63, 3.8) is 0 Å². The Labute approximate surface area is 124 Å². The first-order valence-electron chi connectivity index (χ1n) is 6.71. The highest BCUT2D eigenvalue weighted by molar-refractivity contribution is 6.31. The fraction of sp³-hybridized carbons (Fsp3) is 0.312. The summed E-state index contributed by atoms with van der Waals surface area (Å²) in [6.07, 6.45) is 3.31. The zero-order valence-electron chi connectivity index (χ0n) is 11.7. The Morgan fingerprint density at radius 1 is 1.25 bits per heavy atom. The van der Waals surface area contributed by atoms with E-state index in [1.165, 1.54) is 11.6 Å². The van der Waals surface area contributed by atoms with Crippen molar-refractivity contribution >= 4 is 11.6 Å². The van der Waals surface area contributed by atoms with Crippen LogP contribution in [0.15, 0.2) is 36.5 Å². The lowest BCUT2D eigenvalue weighted by Crippen LogP contribution is -2.21. The molecule has 0 radical (unpaired) electrons. The van der Waals surface area contributed by atoms with E-state index < -0.39 is 0 Å². The van der Waals surface area contributed by atoms with Crippen molar-refractivity contribution in [3.8, 4) is 0 Å². The van der Waals surface area contributed by atoms with Crippen LogP contribution in [-0.2, 0) is 12.8 Å². The molecule has 0 saturated heterocycles. The van der Waals surface area contributed by atoms with Crippen molar-refractivity contribution in [2.45, 2.75) is 25.8 Å². The number of nitrogens with zero attached hydrogens (tertiary/aromatic N) is 1. The number of aromatic nitrogens is 1. The SMILES string of the molecule is CCc1cccnc1C(Cc1cccc(F)c1Cl)NC. The summed E-state index contributed by atoms with van der Waals surface area (Å²) in [5.74, 6) is -0.379. The molecule has 0 spiro atoms. The molecule has 1 atom stereocenters. The highest BCUT2D eigenvalue weighted by Crippen LogP contribution is 2.26. The van der Waals surface area contributed by atoms with Crippen molar-refractivity contribution < 1.29 is 4.39 Å². The van der Waals surface area contributed by atoms with E-state index in [0.717, 1.165) is 17.7 Å². The topological polar surface area (TPSA) is 24.9 Å². The Morgan fingerprint density at radius 2 is 2.00 bits per heavy atom. The van der Waals surface area contributed by atoms with E-state index in [0.29, 0.717) is 6.42 Å². The van der Waals surface area contributed by atoms with Crippen LogP contribution in [0.2, 0.25) is 5.02 Å². The van der Waals surface area contributed by atoms with E-state index in [4.69, 9.17) is 11.6 Å². The van der Waals surface area contributed by atoms with E-state index >= 15 is 0 Å². The van der Waals surface area contributed by atoms with E-state index in [2.05, 4.69) is 23.3 Å². The number of likely N-dealkylation sites (N-methyl/N-ethyl adjacent to an activating group) is 1. The minimum Gasteiger partial charge on any atom is -0.311 e. The summed E-state index contributed by atoms with van der Waals surface area (Å²) in [6.45, 7) is 2.10. The third kappa shape index (κ3) is 3.17. The molecule has 0 amide bonds. The minimum absolute atomic E-state index is 0.0189. The number of hydrogen-bond donors (Lipinski definition) is 1. The first-order chi connectivity index (χ1) is 9.67. The normalized spacial score (nSPS) is 12.4. The third-order valence-corrected chi connectivity index (χ3v) is 3.86. The van der Waals surface area contributed by atoms with Crippen LogP contribution < -0.4 is 5.32 Å². The highest BCUT2D eigenvalue weighted by atomic mass is 35.5. The van der Waals surface area contributed by atoms with Gasteiger partial charge < -0.3 is 5.32 Å². The summed E-state index contributed by atoms with van der Waals surface area (Å²) in [7, 11) is 1.88. The van der Waals surface area contributed by atoms with Gasteiger partial charge in [-0.25, -0.2) is 4.39 Å². The Bertz CT molecular complexity index is 586. The molecule has 2 aromatic rings. The van der Waals surface area contributed by atoms with Crippen LogP contribution in [0.5, 0.6) is 0 Å². The second-order valence-electron chi connectivity index (χ2n) is 4.66. The molecule has 1 N–H and O–H groups in total. The lowest BCUT2D eigenvalue weighted by Gasteiger charge is -2.19. The molecule has 4 heteroatoms. The molecular formula is C16H18ClFN2. The first kappa shape index (κ1) is 14.9. The molecule has 0 fully saturated rings. The number of halogens is 2. The lowest BCUT2D eigenvalue weighted by atomic mass is 9.98. The molecule has 1 aromatic carbocycles. The standard InChI is InChI=1S/C16H18ClFN2/c1-3-11-7-5-9-20-16(11)14(19-2)10-12-6-4-8-13(18)15(12)17/h4-9,14,19H,3,10H2,1-2H3. The monoisotopic (exact) mass is 292 g/mol. The Hall–Kier alpha value is -1.45. The minimum atomic E-state index is -0.379. The average Bonchev–Trinajstić information content (AvgIpc) is 2.49. The molecule has 0 saturated carbocycles. The van der Waals surface area contributed by atoms with Crippen LogP contribution >= 0.6 is 11.6 Å². The van der Waals surface area contributed by atoms with Gasteiger partial charge in [0.05, 0.1) is 16.8 Å². The molecule has 0 aliphatic carbocycles. The predicted molar refractivity (Wildman–Crippen MR) is 80.5 cm³/mol. The van der Waals surface area contributed by atoms with Crippen LogP contribution in [0.4, 0.5) is 4.39 Å². The molecule has 20 heavy (non-hydrogen) atoms. The van der Waals surface area contributed by atoms with Gasteiger partial charge in [0.2, 0.25) is 0 Å². The largest absolute Gasteiger partial charge is 0.311 e. The maximum absolute atomic E-state index is 13.5. The van der Waals surface area contributed by atoms with E-state index in [9.17, 15) is 4.39 Å². The number of rotatable bonds is 5. The van der Waals surface area contributed by atoms with Gasteiger partial charge in [0, 0.05) is 6.20 Å². The highest BCUT2D eigenvalue weighted by Gasteiger charge is 2.17. The van der Waals surface area contributed by atoms with E-state index in [1.54, 1.807) is 12.3 Å². The zero-order chi connectivity index (χ0) is 14.5. The van der Waals surface area contributed by atoms with Gasteiger partial charge in [-0.3, -0.25) is 4.98 Å². The quantitative estimate of drug-likeness (QED) is 0.903. The second kappa shape index (κ2) is 6.82. The van der Waals surface area contributed by atoms with Crippen LogP contribution in [0, 0.1) is 5.82 Å². The van der Waals surface area contributed by atoms with Gasteiger partial charge in [0.25, 0.3) is 0 Å². The molecule has 106 valence electrons. The molecule has 0 aliphatic rings. The van der Waals surface area contributed by atoms with Crippen LogP contribution in [0.25, 0.3) is 0 Å². The third-order valence-electron chi connectivity index (χ3n) is 3.44. The summed E-state index contributed by atoms with van der Waals surface area (Å²) in [4.78, 5) is 4.47. The van der Waals surface area contributed by atoms with Crippen molar-refractivity contribution in [2.75, 3.05) is 7.05 Å². The summed E-state index contributed by atoms with van der Waals surface area (Å²) >= 11 is 6.03. The summed E-state index contributed by atoms with van der Waals surface area (Å²) in [5, 5.41) is 3.44. The number of aryl methyl sites for hydroxylation is 1. The molecule has 2 rings (SSSR count). The molecule has 0 aliphatic heterocycles. The van der Waals surface area contributed by atoms with Gasteiger partial charge in [-0.15, -0.1) is 0 Å². The van der Waals surface area contributed by atoms with Gasteiger partial charge >= 0.3 is 0 Å². The van der Waals surface area contributed by atoms with E-state index in [-0.39, 0.29) is 16.9 Å². The van der Waals surface area contributed by atoms with Gasteiger partial charge in [-0.05, 0) is 43.1 Å². The van der Waals surface area contributed by atoms with Crippen molar-refractivity contribution in [1.29, 1.82) is 0 Å². The molecule has 1 unspecified atom stereocenters. The van der Waals surface area contributed by atoms with Crippen LogP contribution in [-0.4, -0.2) is 12.0 Å². The molecular weight excluding hydrogens is 275 g/mol. The van der Waals surface area contributed by atoms with Gasteiger partial charge in [0.15, 0.2) is 0 Å². The predicted octanol–water partition coefficient (Wildman–Crippen LogP) is 3.94. The summed E-state index contributed by atoms with van der Waals surface area (Å²) in [5.41, 5.74) is 2.98. The Balaban J connectivity index is 2.31. The molecule has 1 heterocycles.